The molecule has 0 radical (unpaired) electrons. The Morgan fingerprint density at radius 2 is 2.38 bits per heavy atom. The quantitative estimate of drug-likeness (QED) is 0.448. The number of nitrogens with zero attached hydrogens (tertiary/aromatic N) is 2. The van der Waals surface area contributed by atoms with Crippen LogP contribution in [0.1, 0.15) is 4.88 Å². The van der Waals surface area contributed by atoms with Crippen molar-refractivity contribution in [1.82, 2.24) is 4.90 Å². The third-order valence-electron chi connectivity index (χ3n) is 2.01. The van der Waals surface area contributed by atoms with Crippen LogP contribution in [-0.4, -0.2) is 34.6 Å². The lowest BCUT2D eigenvalue weighted by Crippen LogP contribution is -2.26. The first-order valence-corrected chi connectivity index (χ1v) is 5.66. The van der Waals surface area contributed by atoms with Gasteiger partial charge in [-0.15, -0.1) is 6.58 Å². The molecule has 0 spiro atoms. The van der Waals surface area contributed by atoms with E-state index < -0.39 is 4.92 Å². The van der Waals surface area contributed by atoms with Crippen molar-refractivity contribution in [2.24, 2.45) is 0 Å². The number of aliphatic hydroxyl groups excluding tert-OH is 1. The molecule has 0 aromatic carbocycles. The Labute approximate surface area is 97.8 Å². The highest BCUT2D eigenvalue weighted by molar-refractivity contribution is 7.15. The summed E-state index contributed by atoms with van der Waals surface area (Å²) in [6.45, 7) is 5.50. The van der Waals surface area contributed by atoms with Gasteiger partial charge in [0.2, 0.25) is 0 Å². The second kappa shape index (κ2) is 6.37. The summed E-state index contributed by atoms with van der Waals surface area (Å²) >= 11 is 1.16. The van der Waals surface area contributed by atoms with Gasteiger partial charge in [-0.3, -0.25) is 15.0 Å². The molecule has 0 aliphatic heterocycles. The predicted molar refractivity (Wildman–Crippen MR) is 63.5 cm³/mol. The Morgan fingerprint density at radius 1 is 1.62 bits per heavy atom. The molecule has 16 heavy (non-hydrogen) atoms. The number of aliphatic hydroxyl groups is 1. The van der Waals surface area contributed by atoms with Gasteiger partial charge in [0, 0.05) is 30.6 Å². The molecule has 0 aliphatic rings. The fourth-order valence-electron chi connectivity index (χ4n) is 1.33. The highest BCUT2D eigenvalue weighted by Gasteiger charge is 2.11. The van der Waals surface area contributed by atoms with Crippen LogP contribution < -0.4 is 0 Å². The second-order valence-corrected chi connectivity index (χ2v) is 4.39. The van der Waals surface area contributed by atoms with Crippen LogP contribution in [0.3, 0.4) is 0 Å². The minimum atomic E-state index is -0.391. The number of thiophene rings is 1. The molecule has 1 heterocycles. The average molecular weight is 242 g/mol. The van der Waals surface area contributed by atoms with Crippen molar-refractivity contribution < 1.29 is 10.0 Å². The molecule has 1 aromatic heterocycles. The second-order valence-electron chi connectivity index (χ2n) is 3.24. The summed E-state index contributed by atoms with van der Waals surface area (Å²) in [6.07, 6.45) is 1.75. The van der Waals surface area contributed by atoms with Crippen LogP contribution in [0.2, 0.25) is 0 Å². The molecule has 0 atom stereocenters. The molecule has 0 saturated carbocycles. The van der Waals surface area contributed by atoms with Gasteiger partial charge in [0.1, 0.15) is 0 Å². The monoisotopic (exact) mass is 242 g/mol. The molecule has 1 aromatic rings. The summed E-state index contributed by atoms with van der Waals surface area (Å²) < 4.78 is 0. The molecular weight excluding hydrogens is 228 g/mol. The zero-order valence-electron chi connectivity index (χ0n) is 8.83. The maximum atomic E-state index is 10.5. The average Bonchev–Trinajstić information content (AvgIpc) is 2.67. The van der Waals surface area contributed by atoms with E-state index >= 15 is 0 Å². The zero-order chi connectivity index (χ0) is 12.0. The Morgan fingerprint density at radius 3 is 2.88 bits per heavy atom. The summed E-state index contributed by atoms with van der Waals surface area (Å²) in [4.78, 5) is 13.0. The van der Waals surface area contributed by atoms with Crippen molar-refractivity contribution in [3.05, 3.63) is 39.8 Å². The lowest BCUT2D eigenvalue weighted by atomic mass is 10.4. The molecular formula is C10H14N2O3S. The van der Waals surface area contributed by atoms with Crippen molar-refractivity contribution in [2.45, 2.75) is 6.54 Å². The maximum Gasteiger partial charge on any atom is 0.324 e. The van der Waals surface area contributed by atoms with Crippen molar-refractivity contribution in [3.63, 3.8) is 0 Å². The van der Waals surface area contributed by atoms with Crippen molar-refractivity contribution in [3.8, 4) is 0 Å². The smallest absolute Gasteiger partial charge is 0.324 e. The Bertz CT molecular complexity index is 365. The van der Waals surface area contributed by atoms with Crippen LogP contribution in [0.4, 0.5) is 5.00 Å². The van der Waals surface area contributed by atoms with Crippen molar-refractivity contribution >= 4 is 16.3 Å². The molecule has 0 amide bonds. The number of hydrogen-bond acceptors (Lipinski definition) is 5. The van der Waals surface area contributed by atoms with E-state index in [9.17, 15) is 10.1 Å². The van der Waals surface area contributed by atoms with Crippen LogP contribution in [0.5, 0.6) is 0 Å². The van der Waals surface area contributed by atoms with E-state index in [4.69, 9.17) is 5.11 Å². The third-order valence-corrected chi connectivity index (χ3v) is 3.03. The zero-order valence-corrected chi connectivity index (χ0v) is 9.65. The van der Waals surface area contributed by atoms with Crippen LogP contribution in [0.15, 0.2) is 24.8 Å². The standard InChI is InChI=1S/C10H14N2O3S/c1-2-5-11(6-7-13)8-9-3-4-10(16-9)12(14)15/h2-4,13H,1,5-8H2. The van der Waals surface area contributed by atoms with Gasteiger partial charge in [-0.2, -0.15) is 0 Å². The molecule has 88 valence electrons. The molecule has 0 fully saturated rings. The highest BCUT2D eigenvalue weighted by Crippen LogP contribution is 2.24. The molecule has 0 unspecified atom stereocenters. The summed E-state index contributed by atoms with van der Waals surface area (Å²) in [5.74, 6) is 0. The lowest BCUT2D eigenvalue weighted by molar-refractivity contribution is -0.380. The minimum Gasteiger partial charge on any atom is -0.395 e. The molecule has 1 rings (SSSR count). The van der Waals surface area contributed by atoms with Gasteiger partial charge in [-0.1, -0.05) is 17.4 Å². The summed E-state index contributed by atoms with van der Waals surface area (Å²) in [6, 6.07) is 3.25. The lowest BCUT2D eigenvalue weighted by Gasteiger charge is -2.17. The van der Waals surface area contributed by atoms with Gasteiger partial charge in [0.25, 0.3) is 0 Å². The minimum absolute atomic E-state index is 0.0707. The summed E-state index contributed by atoms with van der Waals surface area (Å²) in [5.41, 5.74) is 0. The van der Waals surface area contributed by atoms with Gasteiger partial charge < -0.3 is 5.11 Å². The predicted octanol–water partition coefficient (Wildman–Crippen LogP) is 1.64. The van der Waals surface area contributed by atoms with Crippen LogP contribution in [0.25, 0.3) is 0 Å². The van der Waals surface area contributed by atoms with E-state index in [2.05, 4.69) is 6.58 Å². The van der Waals surface area contributed by atoms with E-state index in [0.717, 1.165) is 16.2 Å². The maximum absolute atomic E-state index is 10.5. The fraction of sp³-hybridized carbons (Fsp3) is 0.400. The van der Waals surface area contributed by atoms with E-state index in [1.54, 1.807) is 12.1 Å². The van der Waals surface area contributed by atoms with Crippen LogP contribution in [0, 0.1) is 10.1 Å². The highest BCUT2D eigenvalue weighted by atomic mass is 32.1. The Kier molecular flexibility index (Phi) is 5.10. The van der Waals surface area contributed by atoms with Crippen LogP contribution in [-0.2, 0) is 6.54 Å². The third kappa shape index (κ3) is 3.73. The molecule has 1 N–H and O–H groups in total. The first kappa shape index (κ1) is 12.8. The molecule has 5 nitrogen and oxygen atoms in total. The Balaban J connectivity index is 2.61. The van der Waals surface area contributed by atoms with Gasteiger partial charge >= 0.3 is 5.00 Å². The topological polar surface area (TPSA) is 66.6 Å². The summed E-state index contributed by atoms with van der Waals surface area (Å²) in [7, 11) is 0. The molecule has 0 bridgehead atoms. The number of hydrogen-bond donors (Lipinski definition) is 1. The number of nitro groups is 1. The Hall–Kier alpha value is -1.24. The van der Waals surface area contributed by atoms with E-state index in [1.165, 1.54) is 6.07 Å². The number of rotatable bonds is 7. The largest absolute Gasteiger partial charge is 0.395 e. The van der Waals surface area contributed by atoms with Gasteiger partial charge in [0.15, 0.2) is 0 Å². The first-order valence-electron chi connectivity index (χ1n) is 4.84. The molecule has 0 saturated heterocycles. The normalized spacial score (nSPS) is 10.6. The van der Waals surface area contributed by atoms with Gasteiger partial charge in [-0.05, 0) is 6.07 Å². The van der Waals surface area contributed by atoms with Gasteiger partial charge in [-0.25, -0.2) is 0 Å². The van der Waals surface area contributed by atoms with E-state index in [-0.39, 0.29) is 11.6 Å². The molecule has 0 aliphatic carbocycles. The van der Waals surface area contributed by atoms with Gasteiger partial charge in [0.05, 0.1) is 11.5 Å². The fourth-order valence-corrected chi connectivity index (χ4v) is 2.19. The molecule has 6 heteroatoms. The van der Waals surface area contributed by atoms with E-state index in [0.29, 0.717) is 19.6 Å². The summed E-state index contributed by atoms with van der Waals surface area (Å²) in [5, 5.41) is 19.5. The van der Waals surface area contributed by atoms with Crippen molar-refractivity contribution in [2.75, 3.05) is 19.7 Å². The first-order chi connectivity index (χ1) is 7.67. The van der Waals surface area contributed by atoms with Crippen LogP contribution >= 0.6 is 11.3 Å². The SMILES string of the molecule is C=CCN(CCO)Cc1ccc([N+](=O)[O-])s1. The van der Waals surface area contributed by atoms with Crippen molar-refractivity contribution in [1.29, 1.82) is 0 Å². The van der Waals surface area contributed by atoms with E-state index in [1.807, 2.05) is 4.90 Å².